The van der Waals surface area contributed by atoms with E-state index in [4.69, 9.17) is 0 Å². The molecule has 0 aliphatic carbocycles. The number of esters is 1. The van der Waals surface area contributed by atoms with Gasteiger partial charge in [0.1, 0.15) is 5.78 Å². The number of ketones is 2. The Hall–Kier alpha value is -1.97. The van der Waals surface area contributed by atoms with Gasteiger partial charge in [0.2, 0.25) is 0 Å². The third kappa shape index (κ3) is 5.46. The Kier molecular flexibility index (Phi) is 5.93. The fourth-order valence-corrected chi connectivity index (χ4v) is 1.61. The highest BCUT2D eigenvalue weighted by Gasteiger charge is 2.11. The van der Waals surface area contributed by atoms with E-state index in [1.54, 1.807) is 12.1 Å². The molecule has 0 saturated heterocycles. The van der Waals surface area contributed by atoms with E-state index in [1.165, 1.54) is 7.11 Å². The summed E-state index contributed by atoms with van der Waals surface area (Å²) in [6.07, 6.45) is 0.564. The lowest BCUT2D eigenvalue weighted by Crippen LogP contribution is -2.08. The van der Waals surface area contributed by atoms with E-state index < -0.39 is 5.97 Å². The molecule has 0 unspecified atom stereocenters. The molecular weight excluding hydrogens is 244 g/mol. The van der Waals surface area contributed by atoms with Crippen LogP contribution < -0.4 is 0 Å². The molecular formula is C15H18O4. The van der Waals surface area contributed by atoms with Crippen LogP contribution in [0, 0.1) is 6.92 Å². The summed E-state index contributed by atoms with van der Waals surface area (Å²) in [7, 11) is 1.29. The SMILES string of the molecule is COC(=O)CCC(=O)CCC(=O)c1ccc(C)cc1. The summed E-state index contributed by atoms with van der Waals surface area (Å²) in [5.74, 6) is -0.546. The van der Waals surface area contributed by atoms with Crippen molar-refractivity contribution in [3.8, 4) is 0 Å². The van der Waals surface area contributed by atoms with Crippen LogP contribution in [0.15, 0.2) is 24.3 Å². The molecule has 19 heavy (non-hydrogen) atoms. The average Bonchev–Trinajstić information content (AvgIpc) is 2.42. The maximum Gasteiger partial charge on any atom is 0.305 e. The number of hydrogen-bond acceptors (Lipinski definition) is 4. The molecule has 0 amide bonds. The van der Waals surface area contributed by atoms with Crippen LogP contribution in [0.2, 0.25) is 0 Å². The minimum absolute atomic E-state index is 0.0496. The number of rotatable bonds is 7. The topological polar surface area (TPSA) is 60.4 Å². The maximum atomic E-state index is 11.8. The Morgan fingerprint density at radius 1 is 0.947 bits per heavy atom. The van der Waals surface area contributed by atoms with E-state index in [1.807, 2.05) is 19.1 Å². The Labute approximate surface area is 112 Å². The van der Waals surface area contributed by atoms with Gasteiger partial charge in [-0.1, -0.05) is 29.8 Å². The lowest BCUT2D eigenvalue weighted by Gasteiger charge is -2.02. The molecule has 0 spiro atoms. The highest BCUT2D eigenvalue weighted by atomic mass is 16.5. The van der Waals surface area contributed by atoms with Crippen molar-refractivity contribution in [2.24, 2.45) is 0 Å². The van der Waals surface area contributed by atoms with Crippen LogP contribution in [0.3, 0.4) is 0 Å². The summed E-state index contributed by atoms with van der Waals surface area (Å²) < 4.78 is 4.45. The fourth-order valence-electron chi connectivity index (χ4n) is 1.61. The zero-order valence-electron chi connectivity index (χ0n) is 11.3. The molecule has 0 aliphatic heterocycles. The Balaban J connectivity index is 2.36. The number of benzene rings is 1. The van der Waals surface area contributed by atoms with Gasteiger partial charge in [-0.25, -0.2) is 0 Å². The predicted octanol–water partition coefficient (Wildman–Crippen LogP) is 2.48. The molecule has 4 nitrogen and oxygen atoms in total. The predicted molar refractivity (Wildman–Crippen MR) is 71.0 cm³/mol. The van der Waals surface area contributed by atoms with E-state index in [2.05, 4.69) is 4.74 Å². The molecule has 0 saturated carbocycles. The third-order valence-electron chi connectivity index (χ3n) is 2.84. The van der Waals surface area contributed by atoms with Gasteiger partial charge in [-0.05, 0) is 6.92 Å². The number of aryl methyl sites for hydroxylation is 1. The fraction of sp³-hybridized carbons (Fsp3) is 0.400. The van der Waals surface area contributed by atoms with Crippen LogP contribution in [0.4, 0.5) is 0 Å². The standard InChI is InChI=1S/C15H18O4/c1-11-3-5-12(6-4-11)14(17)9-7-13(16)8-10-15(18)19-2/h3-6H,7-10H2,1-2H3. The molecule has 0 N–H and O–H groups in total. The number of carbonyl (C=O) groups excluding carboxylic acids is 3. The van der Waals surface area contributed by atoms with Crippen LogP contribution in [-0.2, 0) is 14.3 Å². The van der Waals surface area contributed by atoms with E-state index in [0.29, 0.717) is 5.56 Å². The molecule has 0 radical (unpaired) electrons. The van der Waals surface area contributed by atoms with Gasteiger partial charge in [0, 0.05) is 24.8 Å². The summed E-state index contributed by atoms with van der Waals surface area (Å²) >= 11 is 0. The highest BCUT2D eigenvalue weighted by Crippen LogP contribution is 2.09. The van der Waals surface area contributed by atoms with Crippen molar-refractivity contribution < 1.29 is 19.1 Å². The third-order valence-corrected chi connectivity index (χ3v) is 2.84. The van der Waals surface area contributed by atoms with E-state index in [0.717, 1.165) is 5.56 Å². The first-order chi connectivity index (χ1) is 9.02. The van der Waals surface area contributed by atoms with Gasteiger partial charge in [-0.3, -0.25) is 14.4 Å². The number of Topliss-reactive ketones (excluding diaryl/α,β-unsaturated/α-hetero) is 2. The normalized spacial score (nSPS) is 10.0. The molecule has 0 heterocycles. The average molecular weight is 262 g/mol. The van der Waals surface area contributed by atoms with Crippen LogP contribution in [-0.4, -0.2) is 24.6 Å². The van der Waals surface area contributed by atoms with Gasteiger partial charge in [0.05, 0.1) is 13.5 Å². The van der Waals surface area contributed by atoms with Gasteiger partial charge in [-0.2, -0.15) is 0 Å². The van der Waals surface area contributed by atoms with Gasteiger partial charge in [0.15, 0.2) is 5.78 Å². The Bertz CT molecular complexity index is 460. The number of methoxy groups -OCH3 is 1. The maximum absolute atomic E-state index is 11.8. The van der Waals surface area contributed by atoms with Crippen LogP contribution >= 0.6 is 0 Å². The van der Waals surface area contributed by atoms with E-state index in [9.17, 15) is 14.4 Å². The monoisotopic (exact) mass is 262 g/mol. The highest BCUT2D eigenvalue weighted by molar-refractivity contribution is 5.98. The molecule has 0 aliphatic rings. The molecule has 1 aromatic carbocycles. The quantitative estimate of drug-likeness (QED) is 0.559. The summed E-state index contributed by atoms with van der Waals surface area (Å²) in [6.45, 7) is 1.95. The zero-order valence-corrected chi connectivity index (χ0v) is 11.3. The lowest BCUT2D eigenvalue weighted by atomic mass is 10.0. The summed E-state index contributed by atoms with van der Waals surface area (Å²) in [6, 6.07) is 7.26. The second-order valence-electron chi connectivity index (χ2n) is 4.40. The molecule has 1 rings (SSSR count). The number of hydrogen-bond donors (Lipinski definition) is 0. The van der Waals surface area contributed by atoms with Gasteiger partial charge in [0.25, 0.3) is 0 Å². The van der Waals surface area contributed by atoms with Gasteiger partial charge in [-0.15, -0.1) is 0 Å². The first-order valence-electron chi connectivity index (χ1n) is 6.21. The number of ether oxygens (including phenoxy) is 1. The minimum atomic E-state index is -0.404. The lowest BCUT2D eigenvalue weighted by molar-refractivity contribution is -0.141. The zero-order chi connectivity index (χ0) is 14.3. The molecule has 0 fully saturated rings. The minimum Gasteiger partial charge on any atom is -0.469 e. The van der Waals surface area contributed by atoms with Crippen molar-refractivity contribution >= 4 is 17.5 Å². The van der Waals surface area contributed by atoms with Crippen LogP contribution in [0.25, 0.3) is 0 Å². The van der Waals surface area contributed by atoms with Gasteiger partial charge < -0.3 is 4.74 Å². The molecule has 4 heteroatoms. The molecule has 0 aromatic heterocycles. The van der Waals surface area contributed by atoms with Crippen molar-refractivity contribution in [3.05, 3.63) is 35.4 Å². The Morgan fingerprint density at radius 3 is 2.11 bits per heavy atom. The van der Waals surface area contributed by atoms with Crippen LogP contribution in [0.1, 0.15) is 41.6 Å². The van der Waals surface area contributed by atoms with Crippen molar-refractivity contribution in [2.45, 2.75) is 32.6 Å². The largest absolute Gasteiger partial charge is 0.469 e. The molecule has 0 bridgehead atoms. The first kappa shape index (κ1) is 15.1. The van der Waals surface area contributed by atoms with Crippen LogP contribution in [0.5, 0.6) is 0 Å². The second-order valence-corrected chi connectivity index (χ2v) is 4.40. The molecule has 102 valence electrons. The summed E-state index contributed by atoms with van der Waals surface area (Å²) in [4.78, 5) is 34.2. The van der Waals surface area contributed by atoms with Gasteiger partial charge >= 0.3 is 5.97 Å². The first-order valence-corrected chi connectivity index (χ1v) is 6.21. The van der Waals surface area contributed by atoms with E-state index in [-0.39, 0.29) is 37.2 Å². The molecule has 0 atom stereocenters. The number of carbonyl (C=O) groups is 3. The van der Waals surface area contributed by atoms with Crippen molar-refractivity contribution in [1.82, 2.24) is 0 Å². The van der Waals surface area contributed by atoms with E-state index >= 15 is 0 Å². The smallest absolute Gasteiger partial charge is 0.305 e. The summed E-state index contributed by atoms with van der Waals surface area (Å²) in [5, 5.41) is 0. The molecule has 1 aromatic rings. The van der Waals surface area contributed by atoms with Crippen molar-refractivity contribution in [1.29, 1.82) is 0 Å². The van der Waals surface area contributed by atoms with Crippen molar-refractivity contribution in [3.63, 3.8) is 0 Å². The van der Waals surface area contributed by atoms with Crippen molar-refractivity contribution in [2.75, 3.05) is 7.11 Å². The second kappa shape index (κ2) is 7.46. The Morgan fingerprint density at radius 2 is 1.53 bits per heavy atom. The summed E-state index contributed by atoms with van der Waals surface area (Å²) in [5.41, 5.74) is 1.71.